The molecule has 0 amide bonds. The van der Waals surface area contributed by atoms with Crippen LogP contribution in [0.15, 0.2) is 53.7 Å². The maximum atomic E-state index is 6.09. The Hall–Kier alpha value is -2.07. The minimum Gasteiger partial charge on any atom is -0.487 e. The Morgan fingerprint density at radius 3 is 2.65 bits per heavy atom. The highest BCUT2D eigenvalue weighted by molar-refractivity contribution is 9.10. The minimum absolute atomic E-state index is 0.532. The molecule has 0 radical (unpaired) electrons. The summed E-state index contributed by atoms with van der Waals surface area (Å²) in [6, 6.07) is 10.1. The molecule has 4 heteroatoms. The van der Waals surface area contributed by atoms with Gasteiger partial charge in [0.05, 0.1) is 5.52 Å². The molecule has 0 unspecified atom stereocenters. The van der Waals surface area contributed by atoms with Gasteiger partial charge in [0.15, 0.2) is 0 Å². The number of hydrogen-bond donors (Lipinski definition) is 0. The molecular weight excluding hydrogens is 352 g/mol. The molecular formula is C19H19BrN2O. The number of halogens is 1. The van der Waals surface area contributed by atoms with Crippen molar-refractivity contribution >= 4 is 27.0 Å². The lowest BCUT2D eigenvalue weighted by molar-refractivity contribution is 0.308. The molecule has 0 aliphatic rings. The van der Waals surface area contributed by atoms with Crippen LogP contribution < -0.4 is 4.74 Å². The van der Waals surface area contributed by atoms with Gasteiger partial charge in [-0.1, -0.05) is 34.1 Å². The van der Waals surface area contributed by atoms with Crippen LogP contribution in [0, 0.1) is 13.8 Å². The van der Waals surface area contributed by atoms with Gasteiger partial charge in [0, 0.05) is 29.0 Å². The Labute approximate surface area is 144 Å². The predicted octanol–water partition coefficient (Wildman–Crippen LogP) is 5.18. The zero-order valence-electron chi connectivity index (χ0n) is 13.3. The first-order chi connectivity index (χ1) is 11.1. The Morgan fingerprint density at radius 2 is 1.96 bits per heavy atom. The van der Waals surface area contributed by atoms with Gasteiger partial charge in [-0.05, 0) is 37.1 Å². The quantitative estimate of drug-likeness (QED) is 0.578. The zero-order chi connectivity index (χ0) is 16.4. The van der Waals surface area contributed by atoms with E-state index in [1.807, 2.05) is 30.5 Å². The summed E-state index contributed by atoms with van der Waals surface area (Å²) in [6.07, 6.45) is 3.71. The molecule has 0 saturated carbocycles. The van der Waals surface area contributed by atoms with Crippen LogP contribution in [0.25, 0.3) is 11.0 Å². The van der Waals surface area contributed by atoms with Crippen molar-refractivity contribution in [2.24, 2.45) is 0 Å². The molecule has 0 aliphatic heterocycles. The van der Waals surface area contributed by atoms with E-state index in [1.54, 1.807) is 0 Å². The second kappa shape index (κ2) is 6.59. The van der Waals surface area contributed by atoms with Crippen LogP contribution in [0.3, 0.4) is 0 Å². The average molecular weight is 371 g/mol. The number of ether oxygens (including phenoxy) is 1. The minimum atomic E-state index is 0.532. The van der Waals surface area contributed by atoms with Crippen LogP contribution in [-0.2, 0) is 13.2 Å². The highest BCUT2D eigenvalue weighted by atomic mass is 79.9. The van der Waals surface area contributed by atoms with Gasteiger partial charge < -0.3 is 9.30 Å². The van der Waals surface area contributed by atoms with Crippen molar-refractivity contribution in [1.82, 2.24) is 9.55 Å². The molecule has 1 aromatic carbocycles. The SMILES string of the molecule is C=CCn1c(C)c(C)c2nccc(OCc3ccc(Br)cc3)c21. The highest BCUT2D eigenvalue weighted by Crippen LogP contribution is 2.31. The topological polar surface area (TPSA) is 27.1 Å². The van der Waals surface area contributed by atoms with E-state index < -0.39 is 0 Å². The van der Waals surface area contributed by atoms with Gasteiger partial charge in [-0.3, -0.25) is 4.98 Å². The first-order valence-corrected chi connectivity index (χ1v) is 8.33. The average Bonchev–Trinajstić information content (AvgIpc) is 2.80. The first-order valence-electron chi connectivity index (χ1n) is 7.54. The van der Waals surface area contributed by atoms with E-state index in [1.165, 1.54) is 11.3 Å². The van der Waals surface area contributed by atoms with Crippen molar-refractivity contribution in [3.63, 3.8) is 0 Å². The molecule has 23 heavy (non-hydrogen) atoms. The third-order valence-corrected chi connectivity index (χ3v) is 4.61. The van der Waals surface area contributed by atoms with E-state index in [2.05, 4.69) is 58.0 Å². The molecule has 0 saturated heterocycles. The van der Waals surface area contributed by atoms with Gasteiger partial charge in [0.2, 0.25) is 0 Å². The molecule has 3 rings (SSSR count). The Kier molecular flexibility index (Phi) is 4.53. The molecule has 2 aromatic heterocycles. The summed E-state index contributed by atoms with van der Waals surface area (Å²) in [7, 11) is 0. The molecule has 0 aliphatic carbocycles. The van der Waals surface area contributed by atoms with Gasteiger partial charge in [-0.15, -0.1) is 6.58 Å². The summed E-state index contributed by atoms with van der Waals surface area (Å²) in [6.45, 7) is 9.35. The molecule has 0 fully saturated rings. The third-order valence-electron chi connectivity index (χ3n) is 4.08. The van der Waals surface area contributed by atoms with Crippen molar-refractivity contribution in [3.8, 4) is 5.75 Å². The van der Waals surface area contributed by atoms with Crippen molar-refractivity contribution in [1.29, 1.82) is 0 Å². The Morgan fingerprint density at radius 1 is 1.22 bits per heavy atom. The molecule has 118 valence electrons. The molecule has 3 nitrogen and oxygen atoms in total. The van der Waals surface area contributed by atoms with Gasteiger partial charge in [-0.2, -0.15) is 0 Å². The number of fused-ring (bicyclic) bond motifs is 1. The van der Waals surface area contributed by atoms with E-state index in [4.69, 9.17) is 4.74 Å². The number of aromatic nitrogens is 2. The smallest absolute Gasteiger partial charge is 0.147 e. The van der Waals surface area contributed by atoms with E-state index >= 15 is 0 Å². The van der Waals surface area contributed by atoms with Gasteiger partial charge in [-0.25, -0.2) is 0 Å². The number of pyridine rings is 1. The van der Waals surface area contributed by atoms with Crippen LogP contribution in [0.2, 0.25) is 0 Å². The zero-order valence-corrected chi connectivity index (χ0v) is 14.9. The fourth-order valence-corrected chi connectivity index (χ4v) is 2.99. The molecule has 2 heterocycles. The summed E-state index contributed by atoms with van der Waals surface area (Å²) in [5.41, 5.74) is 5.56. The second-order valence-electron chi connectivity index (χ2n) is 5.53. The lowest BCUT2D eigenvalue weighted by Crippen LogP contribution is -2.01. The largest absolute Gasteiger partial charge is 0.487 e. The second-order valence-corrected chi connectivity index (χ2v) is 6.45. The van der Waals surface area contributed by atoms with Crippen LogP contribution in [0.1, 0.15) is 16.8 Å². The fourth-order valence-electron chi connectivity index (χ4n) is 2.73. The van der Waals surface area contributed by atoms with Crippen LogP contribution in [0.5, 0.6) is 5.75 Å². The van der Waals surface area contributed by atoms with E-state index in [0.29, 0.717) is 6.61 Å². The molecule has 0 atom stereocenters. The number of aryl methyl sites for hydroxylation is 1. The molecule has 0 spiro atoms. The molecule has 0 N–H and O–H groups in total. The predicted molar refractivity (Wildman–Crippen MR) is 97.9 cm³/mol. The third kappa shape index (κ3) is 3.04. The van der Waals surface area contributed by atoms with E-state index in [0.717, 1.165) is 33.4 Å². The lowest BCUT2D eigenvalue weighted by atomic mass is 10.2. The fraction of sp³-hybridized carbons (Fsp3) is 0.211. The van der Waals surface area contributed by atoms with E-state index in [-0.39, 0.29) is 0 Å². The highest BCUT2D eigenvalue weighted by Gasteiger charge is 2.15. The maximum absolute atomic E-state index is 6.09. The number of hydrogen-bond acceptors (Lipinski definition) is 2. The normalized spacial score (nSPS) is 10.9. The monoisotopic (exact) mass is 370 g/mol. The maximum Gasteiger partial charge on any atom is 0.147 e. The van der Waals surface area contributed by atoms with Crippen molar-refractivity contribution in [2.45, 2.75) is 27.0 Å². The van der Waals surface area contributed by atoms with E-state index in [9.17, 15) is 0 Å². The van der Waals surface area contributed by atoms with Gasteiger partial charge in [0.1, 0.15) is 17.9 Å². The lowest BCUT2D eigenvalue weighted by Gasteiger charge is -2.11. The van der Waals surface area contributed by atoms with Crippen LogP contribution >= 0.6 is 15.9 Å². The standard InChI is InChI=1S/C19H19BrN2O/c1-4-11-22-14(3)13(2)18-19(22)17(9-10-21-18)23-12-15-5-7-16(20)8-6-15/h4-10H,1,11-12H2,2-3H3. The number of benzene rings is 1. The number of allylic oxidation sites excluding steroid dienone is 1. The summed E-state index contributed by atoms with van der Waals surface area (Å²) < 4.78 is 9.37. The summed E-state index contributed by atoms with van der Waals surface area (Å²) in [5.74, 6) is 0.857. The summed E-state index contributed by atoms with van der Waals surface area (Å²) in [4.78, 5) is 4.53. The van der Waals surface area contributed by atoms with Crippen molar-refractivity contribution in [3.05, 3.63) is 70.5 Å². The van der Waals surface area contributed by atoms with Crippen molar-refractivity contribution in [2.75, 3.05) is 0 Å². The van der Waals surface area contributed by atoms with Crippen LogP contribution in [-0.4, -0.2) is 9.55 Å². The Balaban J connectivity index is 1.98. The molecule has 3 aromatic rings. The summed E-state index contributed by atoms with van der Waals surface area (Å²) >= 11 is 3.45. The number of nitrogens with zero attached hydrogens (tertiary/aromatic N) is 2. The first kappa shape index (κ1) is 15.8. The Bertz CT molecular complexity index is 850. The van der Waals surface area contributed by atoms with Gasteiger partial charge >= 0.3 is 0 Å². The van der Waals surface area contributed by atoms with Crippen molar-refractivity contribution < 1.29 is 4.74 Å². The van der Waals surface area contributed by atoms with Crippen LogP contribution in [0.4, 0.5) is 0 Å². The molecule has 0 bridgehead atoms. The number of rotatable bonds is 5. The summed E-state index contributed by atoms with van der Waals surface area (Å²) in [5, 5.41) is 0. The van der Waals surface area contributed by atoms with Gasteiger partial charge in [0.25, 0.3) is 0 Å².